The van der Waals surface area contributed by atoms with Gasteiger partial charge in [0, 0.05) is 42.8 Å². The summed E-state index contributed by atoms with van der Waals surface area (Å²) in [6.45, 7) is 4.80. The molecule has 31 heavy (non-hydrogen) atoms. The average Bonchev–Trinajstić information content (AvgIpc) is 3.06. The van der Waals surface area contributed by atoms with Crippen LogP contribution in [0.1, 0.15) is 33.6 Å². The molecule has 0 radical (unpaired) electrons. The summed E-state index contributed by atoms with van der Waals surface area (Å²) in [6.07, 6.45) is 2.19. The van der Waals surface area contributed by atoms with Crippen molar-refractivity contribution in [3.8, 4) is 0 Å². The number of aryl methyl sites for hydroxylation is 5. The Labute approximate surface area is 186 Å². The van der Waals surface area contributed by atoms with Gasteiger partial charge in [0.05, 0.1) is 24.9 Å². The lowest BCUT2D eigenvalue weighted by Gasteiger charge is -2.12. The predicted molar refractivity (Wildman–Crippen MR) is 120 cm³/mol. The molecule has 1 aromatic carbocycles. The molecule has 3 aromatic rings. The van der Waals surface area contributed by atoms with Crippen LogP contribution >= 0.6 is 11.6 Å². The third kappa shape index (κ3) is 5.59. The van der Waals surface area contributed by atoms with E-state index in [2.05, 4.69) is 15.5 Å². The molecular weight excluding hydrogens is 416 g/mol. The Bertz CT molecular complexity index is 1130. The Hall–Kier alpha value is -2.97. The van der Waals surface area contributed by atoms with E-state index in [4.69, 9.17) is 17.3 Å². The molecule has 8 nitrogen and oxygen atoms in total. The molecule has 0 unspecified atom stereocenters. The topological polar surface area (TPSA) is 108 Å². The van der Waals surface area contributed by atoms with Gasteiger partial charge >= 0.3 is 0 Å². The molecule has 164 valence electrons. The van der Waals surface area contributed by atoms with Crippen LogP contribution in [-0.4, -0.2) is 25.5 Å². The number of benzene rings is 1. The Morgan fingerprint density at radius 2 is 2.00 bits per heavy atom. The van der Waals surface area contributed by atoms with Gasteiger partial charge in [0.2, 0.25) is 5.91 Å². The minimum absolute atomic E-state index is 0.0194. The van der Waals surface area contributed by atoms with Gasteiger partial charge in [-0.15, -0.1) is 0 Å². The second-order valence-corrected chi connectivity index (χ2v) is 7.99. The van der Waals surface area contributed by atoms with Crippen LogP contribution in [0.15, 0.2) is 35.3 Å². The van der Waals surface area contributed by atoms with E-state index in [1.54, 1.807) is 29.9 Å². The molecule has 0 bridgehead atoms. The minimum atomic E-state index is -0.256. The molecule has 0 aliphatic heterocycles. The van der Waals surface area contributed by atoms with Gasteiger partial charge in [-0.05, 0) is 48.7 Å². The van der Waals surface area contributed by atoms with Gasteiger partial charge in [-0.3, -0.25) is 14.3 Å². The molecular formula is C22H27ClN6O2. The van der Waals surface area contributed by atoms with E-state index in [0.29, 0.717) is 42.2 Å². The molecule has 1 amide bonds. The number of aromatic nitrogens is 4. The van der Waals surface area contributed by atoms with Gasteiger partial charge in [0.1, 0.15) is 0 Å². The van der Waals surface area contributed by atoms with Crippen molar-refractivity contribution in [2.45, 2.75) is 46.3 Å². The van der Waals surface area contributed by atoms with Gasteiger partial charge in [0.15, 0.2) is 0 Å². The van der Waals surface area contributed by atoms with Gasteiger partial charge in [0.25, 0.3) is 5.56 Å². The van der Waals surface area contributed by atoms with Crippen molar-refractivity contribution in [1.29, 1.82) is 0 Å². The Morgan fingerprint density at radius 1 is 1.23 bits per heavy atom. The molecule has 3 rings (SSSR count). The van der Waals surface area contributed by atoms with Gasteiger partial charge in [-0.2, -0.15) is 10.2 Å². The lowest BCUT2D eigenvalue weighted by molar-refractivity contribution is -0.120. The second kappa shape index (κ2) is 9.89. The van der Waals surface area contributed by atoms with E-state index in [9.17, 15) is 9.59 Å². The lowest BCUT2D eigenvalue weighted by atomic mass is 10.1. The van der Waals surface area contributed by atoms with E-state index < -0.39 is 0 Å². The summed E-state index contributed by atoms with van der Waals surface area (Å²) in [5.74, 6) is -0.249. The van der Waals surface area contributed by atoms with Crippen LogP contribution in [0.2, 0.25) is 5.02 Å². The summed E-state index contributed by atoms with van der Waals surface area (Å²) in [7, 11) is 1.88. The number of rotatable bonds is 8. The molecule has 3 N–H and O–H groups in total. The smallest absolute Gasteiger partial charge is 0.270 e. The quantitative estimate of drug-likeness (QED) is 0.553. The maximum atomic E-state index is 12.9. The van der Waals surface area contributed by atoms with Gasteiger partial charge in [-0.25, -0.2) is 4.68 Å². The lowest BCUT2D eigenvalue weighted by Crippen LogP contribution is -2.32. The average molecular weight is 443 g/mol. The van der Waals surface area contributed by atoms with Crippen molar-refractivity contribution in [3.63, 3.8) is 0 Å². The van der Waals surface area contributed by atoms with Crippen LogP contribution in [0.5, 0.6) is 0 Å². The first kappa shape index (κ1) is 22.7. The van der Waals surface area contributed by atoms with Crippen LogP contribution in [0.25, 0.3) is 0 Å². The molecule has 0 aliphatic rings. The van der Waals surface area contributed by atoms with Crippen LogP contribution < -0.4 is 16.6 Å². The van der Waals surface area contributed by atoms with E-state index in [1.165, 1.54) is 4.68 Å². The van der Waals surface area contributed by atoms with E-state index in [1.807, 2.05) is 26.1 Å². The summed E-state index contributed by atoms with van der Waals surface area (Å²) in [5, 5.41) is 12.1. The first-order chi connectivity index (χ1) is 14.8. The maximum Gasteiger partial charge on any atom is 0.270 e. The van der Waals surface area contributed by atoms with Crippen molar-refractivity contribution in [2.24, 2.45) is 12.8 Å². The monoisotopic (exact) mass is 442 g/mol. The Kier molecular flexibility index (Phi) is 7.25. The van der Waals surface area contributed by atoms with Crippen molar-refractivity contribution >= 4 is 17.5 Å². The highest BCUT2D eigenvalue weighted by Gasteiger charge is 2.14. The maximum absolute atomic E-state index is 12.9. The van der Waals surface area contributed by atoms with E-state index in [0.717, 1.165) is 22.5 Å². The molecule has 2 aromatic heterocycles. The minimum Gasteiger partial charge on any atom is -0.352 e. The summed E-state index contributed by atoms with van der Waals surface area (Å²) >= 11 is 6.05. The number of nitrogens with two attached hydrogens (primary N) is 1. The predicted octanol–water partition coefficient (Wildman–Crippen LogP) is 1.81. The van der Waals surface area contributed by atoms with Crippen LogP contribution in [-0.2, 0) is 44.3 Å². The summed E-state index contributed by atoms with van der Waals surface area (Å²) in [6, 6.07) is 7.38. The van der Waals surface area contributed by atoms with Crippen LogP contribution in [0.3, 0.4) is 0 Å². The van der Waals surface area contributed by atoms with Crippen LogP contribution in [0.4, 0.5) is 0 Å². The first-order valence-corrected chi connectivity index (χ1v) is 10.5. The molecule has 0 spiro atoms. The zero-order valence-electron chi connectivity index (χ0n) is 18.0. The third-order valence-electron chi connectivity index (χ3n) is 5.31. The summed E-state index contributed by atoms with van der Waals surface area (Å²) in [4.78, 5) is 25.4. The summed E-state index contributed by atoms with van der Waals surface area (Å²) < 4.78 is 3.19. The normalized spacial score (nSPS) is 11.0. The Balaban J connectivity index is 1.68. The highest BCUT2D eigenvalue weighted by Crippen LogP contribution is 2.16. The number of nitrogens with one attached hydrogen (secondary N) is 1. The molecule has 0 saturated heterocycles. The molecule has 9 heteroatoms. The summed E-state index contributed by atoms with van der Waals surface area (Å²) in [5.41, 5.74) is 10.3. The molecule has 0 fully saturated rings. The van der Waals surface area contributed by atoms with Crippen molar-refractivity contribution < 1.29 is 4.79 Å². The Morgan fingerprint density at radius 3 is 2.68 bits per heavy atom. The standard InChI is InChI=1S/C22H27ClN6O2/c1-14-12-26-29(7-6-19-8-15(2)28(3)27-19)22(31)20(14)10-21(30)25-13-17-9-18(23)5-4-16(17)11-24/h4-5,8-9,12H,6-7,10-11,13,24H2,1-3H3,(H,25,30). The number of amides is 1. The number of nitrogens with zero attached hydrogens (tertiary/aromatic N) is 4. The van der Waals surface area contributed by atoms with Gasteiger partial charge < -0.3 is 11.1 Å². The first-order valence-electron chi connectivity index (χ1n) is 10.1. The largest absolute Gasteiger partial charge is 0.352 e. The van der Waals surface area contributed by atoms with Crippen molar-refractivity contribution in [1.82, 2.24) is 24.9 Å². The molecule has 0 saturated carbocycles. The SMILES string of the molecule is Cc1cnn(CCc2cc(C)n(C)n2)c(=O)c1CC(=O)NCc1cc(Cl)ccc1CN. The fourth-order valence-corrected chi connectivity index (χ4v) is 3.53. The number of carbonyl (C=O) groups is 1. The van der Waals surface area contributed by atoms with Crippen LogP contribution in [0, 0.1) is 13.8 Å². The zero-order valence-corrected chi connectivity index (χ0v) is 18.7. The van der Waals surface area contributed by atoms with E-state index in [-0.39, 0.29) is 17.9 Å². The van der Waals surface area contributed by atoms with Gasteiger partial charge in [-0.1, -0.05) is 17.7 Å². The number of carbonyl (C=O) groups excluding carboxylic acids is 1. The van der Waals surface area contributed by atoms with Crippen molar-refractivity contribution in [2.75, 3.05) is 0 Å². The van der Waals surface area contributed by atoms with Crippen molar-refractivity contribution in [3.05, 3.63) is 79.5 Å². The third-order valence-corrected chi connectivity index (χ3v) is 5.54. The molecule has 0 atom stereocenters. The fraction of sp³-hybridized carbons (Fsp3) is 0.364. The number of hydrogen-bond acceptors (Lipinski definition) is 5. The highest BCUT2D eigenvalue weighted by atomic mass is 35.5. The fourth-order valence-electron chi connectivity index (χ4n) is 3.34. The van der Waals surface area contributed by atoms with E-state index >= 15 is 0 Å². The number of hydrogen-bond donors (Lipinski definition) is 2. The number of halogens is 1. The highest BCUT2D eigenvalue weighted by molar-refractivity contribution is 6.30. The molecule has 2 heterocycles. The molecule has 0 aliphatic carbocycles. The second-order valence-electron chi connectivity index (χ2n) is 7.56. The zero-order chi connectivity index (χ0) is 22.5.